The molecule has 1 aliphatic rings. The molecule has 4 N–H and O–H groups in total. The van der Waals surface area contributed by atoms with Gasteiger partial charge in [0.25, 0.3) is 0 Å². The van der Waals surface area contributed by atoms with Crippen molar-refractivity contribution in [3.63, 3.8) is 0 Å². The van der Waals surface area contributed by atoms with Gasteiger partial charge in [-0.1, -0.05) is 6.07 Å². The Morgan fingerprint density at radius 2 is 2.11 bits per heavy atom. The molecule has 1 aliphatic heterocycles. The number of phenolic OH excluding ortho intramolecular Hbond substituents is 1. The normalized spacial score (nSPS) is 17.8. The zero-order chi connectivity index (χ0) is 13.1. The zero-order valence-corrected chi connectivity index (χ0v) is 11.3. The Hall–Kier alpha value is -0.850. The predicted octanol–water partition coefficient (Wildman–Crippen LogP) is 1.83. The van der Waals surface area contributed by atoms with Crippen LogP contribution < -0.4 is 5.73 Å². The molecule has 0 aliphatic carbocycles. The highest BCUT2D eigenvalue weighted by Gasteiger charge is 2.23. The van der Waals surface area contributed by atoms with E-state index in [0.29, 0.717) is 6.42 Å². The molecule has 4 nitrogen and oxygen atoms in total. The van der Waals surface area contributed by atoms with E-state index >= 15 is 0 Å². The number of carboxylic acids is 1. The highest BCUT2D eigenvalue weighted by Crippen LogP contribution is 2.47. The van der Waals surface area contributed by atoms with E-state index in [1.807, 2.05) is 23.5 Å². The van der Waals surface area contributed by atoms with Crippen molar-refractivity contribution in [2.45, 2.75) is 17.0 Å². The molecule has 1 aromatic rings. The van der Waals surface area contributed by atoms with Crippen molar-refractivity contribution >= 4 is 29.5 Å². The van der Waals surface area contributed by atoms with E-state index in [2.05, 4.69) is 0 Å². The lowest BCUT2D eigenvalue weighted by atomic mass is 10.0. The van der Waals surface area contributed by atoms with Gasteiger partial charge in [-0.3, -0.25) is 4.79 Å². The zero-order valence-electron chi connectivity index (χ0n) is 9.70. The summed E-state index contributed by atoms with van der Waals surface area (Å²) < 4.78 is 0.271. The van der Waals surface area contributed by atoms with Crippen LogP contribution in [0.1, 0.15) is 15.7 Å². The van der Waals surface area contributed by atoms with Crippen LogP contribution in [0.25, 0.3) is 0 Å². The van der Waals surface area contributed by atoms with Gasteiger partial charge < -0.3 is 15.9 Å². The number of carboxylic acid groups (broad SMARTS) is 1. The lowest BCUT2D eigenvalue weighted by Crippen LogP contribution is -2.32. The van der Waals surface area contributed by atoms with E-state index in [1.165, 1.54) is 0 Å². The number of rotatable bonds is 4. The minimum atomic E-state index is -0.999. The molecule has 6 heteroatoms. The second-order valence-electron chi connectivity index (χ2n) is 4.11. The fourth-order valence-electron chi connectivity index (χ4n) is 1.85. The fraction of sp³-hybridized carbons (Fsp3) is 0.417. The SMILES string of the molecule is NC(Cc1ccc(O)cc1C1SCCS1)C(=O)O. The van der Waals surface area contributed by atoms with Crippen LogP contribution in [0.4, 0.5) is 0 Å². The lowest BCUT2D eigenvalue weighted by molar-refractivity contribution is -0.138. The lowest BCUT2D eigenvalue weighted by Gasteiger charge is -2.16. The molecule has 0 radical (unpaired) electrons. The minimum Gasteiger partial charge on any atom is -0.508 e. The van der Waals surface area contributed by atoms with Gasteiger partial charge in [0.05, 0.1) is 4.58 Å². The Labute approximate surface area is 114 Å². The van der Waals surface area contributed by atoms with E-state index in [0.717, 1.165) is 22.6 Å². The summed E-state index contributed by atoms with van der Waals surface area (Å²) in [5.41, 5.74) is 7.49. The number of nitrogens with two attached hydrogens (primary N) is 1. The Morgan fingerprint density at radius 1 is 1.44 bits per heavy atom. The molecule has 1 saturated heterocycles. The standard InChI is InChI=1S/C12H15NO3S2/c13-10(11(15)16)5-7-1-2-8(14)6-9(7)12-17-3-4-18-12/h1-2,6,10,12,14H,3-5,13H2,(H,15,16). The van der Waals surface area contributed by atoms with Gasteiger partial charge in [0, 0.05) is 11.5 Å². The molecule has 1 fully saturated rings. The summed E-state index contributed by atoms with van der Waals surface area (Å²) in [6, 6.07) is 4.18. The number of hydrogen-bond acceptors (Lipinski definition) is 5. The number of benzene rings is 1. The molecule has 0 aromatic heterocycles. The summed E-state index contributed by atoms with van der Waals surface area (Å²) >= 11 is 3.63. The Bertz CT molecular complexity index is 447. The molecule has 1 unspecified atom stereocenters. The number of hydrogen-bond donors (Lipinski definition) is 3. The van der Waals surface area contributed by atoms with Crippen LogP contribution in [0, 0.1) is 0 Å². The van der Waals surface area contributed by atoms with Crippen LogP contribution in [0.15, 0.2) is 18.2 Å². The summed E-state index contributed by atoms with van der Waals surface area (Å²) in [4.78, 5) is 10.8. The predicted molar refractivity (Wildman–Crippen MR) is 75.1 cm³/mol. The quantitative estimate of drug-likeness (QED) is 0.782. The van der Waals surface area contributed by atoms with E-state index in [9.17, 15) is 9.90 Å². The first-order chi connectivity index (χ1) is 8.58. The van der Waals surface area contributed by atoms with Crippen molar-refractivity contribution in [3.8, 4) is 5.75 Å². The van der Waals surface area contributed by atoms with Gasteiger partial charge in [-0.2, -0.15) is 0 Å². The third kappa shape index (κ3) is 3.13. The Kier molecular flexibility index (Phi) is 4.42. The summed E-state index contributed by atoms with van der Waals surface area (Å²) in [6.07, 6.45) is 0.294. The third-order valence-electron chi connectivity index (χ3n) is 2.76. The summed E-state index contributed by atoms with van der Waals surface area (Å²) in [6.45, 7) is 0. The van der Waals surface area contributed by atoms with Crippen molar-refractivity contribution < 1.29 is 15.0 Å². The Morgan fingerprint density at radius 3 is 2.72 bits per heavy atom. The number of aliphatic carboxylic acids is 1. The molecule has 18 heavy (non-hydrogen) atoms. The highest BCUT2D eigenvalue weighted by atomic mass is 32.2. The topological polar surface area (TPSA) is 83.5 Å². The molecule has 0 saturated carbocycles. The molecule has 1 heterocycles. The average Bonchev–Trinajstić information content (AvgIpc) is 2.84. The molecule has 2 rings (SSSR count). The van der Waals surface area contributed by atoms with Crippen LogP contribution >= 0.6 is 23.5 Å². The highest BCUT2D eigenvalue weighted by molar-refractivity contribution is 8.19. The Balaban J connectivity index is 2.25. The van der Waals surface area contributed by atoms with Gasteiger partial charge in [-0.15, -0.1) is 23.5 Å². The average molecular weight is 285 g/mol. The van der Waals surface area contributed by atoms with E-state index in [1.54, 1.807) is 18.2 Å². The fourth-order valence-corrected chi connectivity index (χ4v) is 4.81. The second-order valence-corrected chi connectivity index (χ2v) is 6.83. The van der Waals surface area contributed by atoms with Crippen LogP contribution in [0.5, 0.6) is 5.75 Å². The number of phenols is 1. The van der Waals surface area contributed by atoms with Gasteiger partial charge in [0.15, 0.2) is 0 Å². The monoisotopic (exact) mass is 285 g/mol. The molecular weight excluding hydrogens is 270 g/mol. The van der Waals surface area contributed by atoms with Crippen molar-refractivity contribution in [1.82, 2.24) is 0 Å². The van der Waals surface area contributed by atoms with Crippen LogP contribution in [0.2, 0.25) is 0 Å². The minimum absolute atomic E-state index is 0.214. The van der Waals surface area contributed by atoms with Crippen molar-refractivity contribution in [2.75, 3.05) is 11.5 Å². The first-order valence-corrected chi connectivity index (χ1v) is 7.71. The van der Waals surface area contributed by atoms with Crippen molar-refractivity contribution in [1.29, 1.82) is 0 Å². The number of carbonyl (C=O) groups is 1. The van der Waals surface area contributed by atoms with Crippen molar-refractivity contribution in [3.05, 3.63) is 29.3 Å². The molecule has 0 bridgehead atoms. The maximum atomic E-state index is 10.8. The van der Waals surface area contributed by atoms with Gasteiger partial charge in [0.1, 0.15) is 11.8 Å². The first kappa shape index (κ1) is 13.6. The van der Waals surface area contributed by atoms with E-state index in [4.69, 9.17) is 10.8 Å². The van der Waals surface area contributed by atoms with Gasteiger partial charge in [-0.25, -0.2) is 0 Å². The summed E-state index contributed by atoms with van der Waals surface area (Å²) in [7, 11) is 0. The van der Waals surface area contributed by atoms with Gasteiger partial charge >= 0.3 is 5.97 Å². The molecule has 98 valence electrons. The number of thioether (sulfide) groups is 2. The van der Waals surface area contributed by atoms with Gasteiger partial charge in [-0.05, 0) is 29.7 Å². The first-order valence-electron chi connectivity index (χ1n) is 5.61. The van der Waals surface area contributed by atoms with Crippen LogP contribution in [-0.4, -0.2) is 33.7 Å². The summed E-state index contributed by atoms with van der Waals surface area (Å²) in [5, 5.41) is 18.4. The smallest absolute Gasteiger partial charge is 0.320 e. The van der Waals surface area contributed by atoms with Crippen LogP contribution in [-0.2, 0) is 11.2 Å². The van der Waals surface area contributed by atoms with E-state index < -0.39 is 12.0 Å². The van der Waals surface area contributed by atoms with E-state index in [-0.39, 0.29) is 10.3 Å². The van der Waals surface area contributed by atoms with Crippen molar-refractivity contribution in [2.24, 2.45) is 5.73 Å². The molecule has 0 amide bonds. The number of aromatic hydroxyl groups is 1. The maximum absolute atomic E-state index is 10.8. The molecule has 0 spiro atoms. The second kappa shape index (κ2) is 5.86. The molecule has 1 atom stereocenters. The van der Waals surface area contributed by atoms with Gasteiger partial charge in [0.2, 0.25) is 0 Å². The maximum Gasteiger partial charge on any atom is 0.320 e. The third-order valence-corrected chi connectivity index (χ3v) is 5.83. The molecule has 1 aromatic carbocycles. The summed E-state index contributed by atoms with van der Waals surface area (Å²) in [5.74, 6) is 1.37. The molecular formula is C12H15NO3S2. The van der Waals surface area contributed by atoms with Crippen LogP contribution in [0.3, 0.4) is 0 Å². The largest absolute Gasteiger partial charge is 0.508 e.